The smallest absolute Gasteiger partial charge is 0.0605 e. The van der Waals surface area contributed by atoms with E-state index in [0.717, 1.165) is 0 Å². The Balaban J connectivity index is 0. The minimum atomic E-state index is -0.0156. The molecule has 0 heterocycles. The second kappa shape index (κ2) is 3.75. The standard InChI is InChI=1S/C8H18O.Cu/c1-7(2,3)9-8(4,5)6;/h1-6H3;. The molecule has 0 fully saturated rings. The molecule has 0 aliphatic heterocycles. The minimum Gasteiger partial charge on any atom is -0.370 e. The average molecular weight is 194 g/mol. The molecule has 1 radical (unpaired) electrons. The monoisotopic (exact) mass is 193 g/mol. The van der Waals surface area contributed by atoms with E-state index in [9.17, 15) is 0 Å². The normalized spacial score (nSPS) is 12.6. The van der Waals surface area contributed by atoms with Gasteiger partial charge in [-0.25, -0.2) is 0 Å². The summed E-state index contributed by atoms with van der Waals surface area (Å²) in [5.74, 6) is 0. The number of hydrogen-bond donors (Lipinski definition) is 0. The third-order valence-corrected chi connectivity index (χ3v) is 0.612. The maximum Gasteiger partial charge on any atom is 0.0605 e. The Hall–Kier alpha value is 0.479. The van der Waals surface area contributed by atoms with Gasteiger partial charge < -0.3 is 4.74 Å². The summed E-state index contributed by atoms with van der Waals surface area (Å²) in [7, 11) is 0. The number of ether oxygens (including phenoxy) is 1. The van der Waals surface area contributed by atoms with E-state index in [0.29, 0.717) is 0 Å². The van der Waals surface area contributed by atoms with Crippen molar-refractivity contribution in [2.45, 2.75) is 52.7 Å². The van der Waals surface area contributed by atoms with Gasteiger partial charge in [-0.1, -0.05) is 0 Å². The van der Waals surface area contributed by atoms with Gasteiger partial charge in [0.15, 0.2) is 0 Å². The summed E-state index contributed by atoms with van der Waals surface area (Å²) in [6.07, 6.45) is 0. The maximum absolute atomic E-state index is 5.62. The molecule has 0 atom stereocenters. The van der Waals surface area contributed by atoms with Crippen LogP contribution in [0, 0.1) is 0 Å². The molecule has 0 saturated carbocycles. The molecular weight excluding hydrogens is 176 g/mol. The van der Waals surface area contributed by atoms with Crippen LogP contribution in [0.5, 0.6) is 0 Å². The largest absolute Gasteiger partial charge is 0.370 e. The fourth-order valence-corrected chi connectivity index (χ4v) is 0.919. The minimum absolute atomic E-state index is 0. The van der Waals surface area contributed by atoms with Crippen LogP contribution < -0.4 is 0 Å². The van der Waals surface area contributed by atoms with Crippen LogP contribution >= 0.6 is 0 Å². The van der Waals surface area contributed by atoms with E-state index >= 15 is 0 Å². The van der Waals surface area contributed by atoms with E-state index in [4.69, 9.17) is 4.74 Å². The molecule has 0 aromatic heterocycles. The van der Waals surface area contributed by atoms with Crippen molar-refractivity contribution >= 4 is 0 Å². The van der Waals surface area contributed by atoms with E-state index in [-0.39, 0.29) is 28.3 Å². The molecule has 0 amide bonds. The van der Waals surface area contributed by atoms with Gasteiger partial charge in [-0.15, -0.1) is 0 Å². The first-order chi connectivity index (χ1) is 3.71. The number of rotatable bonds is 0. The van der Waals surface area contributed by atoms with Crippen molar-refractivity contribution in [3.8, 4) is 0 Å². The van der Waals surface area contributed by atoms with Gasteiger partial charge in [0.05, 0.1) is 11.2 Å². The van der Waals surface area contributed by atoms with Crippen LogP contribution in [0.25, 0.3) is 0 Å². The zero-order valence-electron chi connectivity index (χ0n) is 7.71. The molecule has 67 valence electrons. The van der Waals surface area contributed by atoms with Crippen molar-refractivity contribution in [3.63, 3.8) is 0 Å². The zero-order valence-corrected chi connectivity index (χ0v) is 8.65. The van der Waals surface area contributed by atoms with E-state index in [2.05, 4.69) is 41.5 Å². The van der Waals surface area contributed by atoms with Crippen molar-refractivity contribution in [1.29, 1.82) is 0 Å². The van der Waals surface area contributed by atoms with Gasteiger partial charge in [0.2, 0.25) is 0 Å². The first-order valence-electron chi connectivity index (χ1n) is 3.41. The third-order valence-electron chi connectivity index (χ3n) is 0.612. The van der Waals surface area contributed by atoms with E-state index in [1.54, 1.807) is 0 Å². The topological polar surface area (TPSA) is 9.23 Å². The van der Waals surface area contributed by atoms with Gasteiger partial charge in [0.1, 0.15) is 0 Å². The number of hydrogen-bond acceptors (Lipinski definition) is 1. The quantitative estimate of drug-likeness (QED) is 0.538. The molecule has 0 spiro atoms. The van der Waals surface area contributed by atoms with Gasteiger partial charge >= 0.3 is 0 Å². The molecule has 2 heteroatoms. The van der Waals surface area contributed by atoms with Gasteiger partial charge in [0, 0.05) is 17.1 Å². The van der Waals surface area contributed by atoms with E-state index in [1.807, 2.05) is 0 Å². The molecule has 0 aliphatic carbocycles. The summed E-state index contributed by atoms with van der Waals surface area (Å²) in [5, 5.41) is 0. The van der Waals surface area contributed by atoms with Crippen LogP contribution in [0.1, 0.15) is 41.5 Å². The SMILES string of the molecule is CC(C)(C)OC(C)(C)C.[Cu]. The van der Waals surface area contributed by atoms with Gasteiger partial charge in [-0.2, -0.15) is 0 Å². The Kier molecular flexibility index (Phi) is 4.91. The zero-order chi connectivity index (χ0) is 7.71. The van der Waals surface area contributed by atoms with Crippen LogP contribution in [0.2, 0.25) is 0 Å². The molecule has 0 aliphatic rings. The summed E-state index contributed by atoms with van der Waals surface area (Å²) in [6.45, 7) is 12.4. The van der Waals surface area contributed by atoms with Crippen molar-refractivity contribution in [1.82, 2.24) is 0 Å². The van der Waals surface area contributed by atoms with Gasteiger partial charge in [0.25, 0.3) is 0 Å². The molecule has 0 bridgehead atoms. The van der Waals surface area contributed by atoms with Crippen LogP contribution in [-0.4, -0.2) is 11.2 Å². The summed E-state index contributed by atoms with van der Waals surface area (Å²) < 4.78 is 5.62. The Morgan fingerprint density at radius 3 is 0.900 bits per heavy atom. The Labute approximate surface area is 75.0 Å². The van der Waals surface area contributed by atoms with Crippen molar-refractivity contribution in [2.24, 2.45) is 0 Å². The molecule has 0 aromatic rings. The molecule has 1 nitrogen and oxygen atoms in total. The molecule has 0 unspecified atom stereocenters. The molecule has 0 N–H and O–H groups in total. The van der Waals surface area contributed by atoms with E-state index < -0.39 is 0 Å². The van der Waals surface area contributed by atoms with Crippen molar-refractivity contribution in [2.75, 3.05) is 0 Å². The summed E-state index contributed by atoms with van der Waals surface area (Å²) >= 11 is 0. The summed E-state index contributed by atoms with van der Waals surface area (Å²) in [5.41, 5.74) is -0.0312. The summed E-state index contributed by atoms with van der Waals surface area (Å²) in [6, 6.07) is 0. The van der Waals surface area contributed by atoms with Crippen LogP contribution in [-0.2, 0) is 21.8 Å². The second-order valence-electron chi connectivity index (χ2n) is 4.33. The Morgan fingerprint density at radius 2 is 0.900 bits per heavy atom. The second-order valence-corrected chi connectivity index (χ2v) is 4.33. The molecule has 0 rings (SSSR count). The fraction of sp³-hybridized carbons (Fsp3) is 1.00. The first kappa shape index (κ1) is 13.1. The van der Waals surface area contributed by atoms with Crippen LogP contribution in [0.4, 0.5) is 0 Å². The third kappa shape index (κ3) is 11.3. The average Bonchev–Trinajstić information content (AvgIpc) is 1.14. The van der Waals surface area contributed by atoms with E-state index in [1.165, 1.54) is 0 Å². The predicted molar refractivity (Wildman–Crippen MR) is 40.6 cm³/mol. The van der Waals surface area contributed by atoms with Gasteiger partial charge in [-0.05, 0) is 41.5 Å². The molecule has 10 heavy (non-hydrogen) atoms. The molecular formula is C8H18CuO. The molecule has 0 aromatic carbocycles. The van der Waals surface area contributed by atoms with Crippen LogP contribution in [0.15, 0.2) is 0 Å². The van der Waals surface area contributed by atoms with Crippen molar-refractivity contribution in [3.05, 3.63) is 0 Å². The Morgan fingerprint density at radius 1 is 0.700 bits per heavy atom. The molecule has 0 saturated heterocycles. The Bertz CT molecular complexity index is 74.4. The first-order valence-corrected chi connectivity index (χ1v) is 3.41. The van der Waals surface area contributed by atoms with Crippen molar-refractivity contribution < 1.29 is 21.8 Å². The summed E-state index contributed by atoms with van der Waals surface area (Å²) in [4.78, 5) is 0. The predicted octanol–water partition coefficient (Wildman–Crippen LogP) is 2.60. The maximum atomic E-state index is 5.62. The van der Waals surface area contributed by atoms with Crippen LogP contribution in [0.3, 0.4) is 0 Å². The van der Waals surface area contributed by atoms with Gasteiger partial charge in [-0.3, -0.25) is 0 Å². The fourth-order valence-electron chi connectivity index (χ4n) is 0.919.